The molecule has 0 aliphatic heterocycles. The second-order valence-electron chi connectivity index (χ2n) is 6.23. The third kappa shape index (κ3) is 5.62. The molecule has 0 atom stereocenters. The average Bonchev–Trinajstić information content (AvgIpc) is 3.12. The van der Waals surface area contributed by atoms with Crippen LogP contribution in [0, 0.1) is 0 Å². The van der Waals surface area contributed by atoms with Crippen molar-refractivity contribution in [3.05, 3.63) is 63.0 Å². The molecular weight excluding hydrogens is 398 g/mol. The molecule has 3 rings (SSSR count). The first kappa shape index (κ1) is 22.0. The molecule has 0 aliphatic carbocycles. The fourth-order valence-corrected chi connectivity index (χ4v) is 3.62. The van der Waals surface area contributed by atoms with Gasteiger partial charge in [0.1, 0.15) is 4.83 Å². The van der Waals surface area contributed by atoms with Crippen LogP contribution in [0.4, 0.5) is 0 Å². The number of nitrogens with zero attached hydrogens (tertiary/aromatic N) is 1. The number of hydrogen-bond acceptors (Lipinski definition) is 6. The Hall–Kier alpha value is -2.26. The van der Waals surface area contributed by atoms with Crippen LogP contribution < -0.4 is 21.9 Å². The van der Waals surface area contributed by atoms with Crippen LogP contribution in [0.15, 0.2) is 40.8 Å². The van der Waals surface area contributed by atoms with Crippen LogP contribution in [0.5, 0.6) is 0 Å². The predicted octanol–water partition coefficient (Wildman–Crippen LogP) is 2.16. The quantitative estimate of drug-likeness (QED) is 0.395. The number of halogens is 1. The minimum absolute atomic E-state index is 0. The Morgan fingerprint density at radius 2 is 1.86 bits per heavy atom. The highest BCUT2D eigenvalue weighted by atomic mass is 35.5. The molecule has 150 valence electrons. The molecule has 0 saturated heterocycles. The summed E-state index contributed by atoms with van der Waals surface area (Å²) in [5.41, 5.74) is 7.74. The summed E-state index contributed by atoms with van der Waals surface area (Å²) in [7, 11) is 0. The molecule has 1 amide bonds. The number of unbranched alkanes of at least 4 members (excludes halogenated alkanes) is 1. The van der Waals surface area contributed by atoms with E-state index in [0.29, 0.717) is 22.3 Å². The second kappa shape index (κ2) is 10.9. The van der Waals surface area contributed by atoms with E-state index in [9.17, 15) is 9.59 Å². The molecule has 0 spiro atoms. The lowest BCUT2D eigenvalue weighted by Gasteiger charge is -2.07. The summed E-state index contributed by atoms with van der Waals surface area (Å²) in [6.45, 7) is 2.90. The first-order valence-electron chi connectivity index (χ1n) is 8.90. The summed E-state index contributed by atoms with van der Waals surface area (Å²) in [4.78, 5) is 31.5. The maximum absolute atomic E-state index is 12.4. The van der Waals surface area contributed by atoms with E-state index in [4.69, 9.17) is 5.73 Å². The zero-order valence-electron chi connectivity index (χ0n) is 15.4. The molecule has 0 unspecified atom stereocenters. The molecule has 9 heteroatoms. The van der Waals surface area contributed by atoms with Crippen molar-refractivity contribution in [3.63, 3.8) is 0 Å². The highest BCUT2D eigenvalue weighted by Crippen LogP contribution is 2.20. The van der Waals surface area contributed by atoms with Crippen LogP contribution in [0.3, 0.4) is 0 Å². The Labute approximate surface area is 173 Å². The zero-order chi connectivity index (χ0) is 19.1. The van der Waals surface area contributed by atoms with Gasteiger partial charge in [0.2, 0.25) is 0 Å². The lowest BCUT2D eigenvalue weighted by molar-refractivity contribution is 0.0953. The van der Waals surface area contributed by atoms with E-state index >= 15 is 0 Å². The van der Waals surface area contributed by atoms with Crippen LogP contribution in [0.1, 0.15) is 34.3 Å². The third-order valence-corrected chi connectivity index (χ3v) is 5.12. The van der Waals surface area contributed by atoms with Crippen molar-refractivity contribution in [1.29, 1.82) is 0 Å². The number of nitrogens with two attached hydrogens (primary N) is 1. The molecule has 7 nitrogen and oxygen atoms in total. The fourth-order valence-electron chi connectivity index (χ4n) is 2.73. The Morgan fingerprint density at radius 3 is 2.57 bits per heavy atom. The highest BCUT2D eigenvalue weighted by molar-refractivity contribution is 7.17. The van der Waals surface area contributed by atoms with Gasteiger partial charge in [0.25, 0.3) is 11.5 Å². The highest BCUT2D eigenvalue weighted by Gasteiger charge is 2.15. The molecule has 2 aromatic heterocycles. The van der Waals surface area contributed by atoms with Crippen LogP contribution in [-0.4, -0.2) is 29.0 Å². The van der Waals surface area contributed by atoms with Crippen molar-refractivity contribution in [2.75, 3.05) is 13.1 Å². The van der Waals surface area contributed by atoms with Gasteiger partial charge in [0.05, 0.1) is 17.3 Å². The van der Waals surface area contributed by atoms with Gasteiger partial charge >= 0.3 is 0 Å². The standard InChI is InChI=1S/C19H23N5O2S.ClH/c20-7-1-2-8-21-9-13-3-5-14(6-4-13)10-22-17(25)15-11-27-19-16(15)18(26)23-12-24-19;/h3-6,11-12,21H,1-2,7-10,20H2,(H,22,25)(H,23,24,26);1H. The number of fused-ring (bicyclic) bond motifs is 1. The number of amides is 1. The predicted molar refractivity (Wildman–Crippen MR) is 115 cm³/mol. The number of benzene rings is 1. The third-order valence-electron chi connectivity index (χ3n) is 4.23. The van der Waals surface area contributed by atoms with E-state index in [0.717, 1.165) is 38.0 Å². The van der Waals surface area contributed by atoms with Crippen molar-refractivity contribution in [3.8, 4) is 0 Å². The number of H-pyrrole nitrogens is 1. The molecule has 0 radical (unpaired) electrons. The number of hydrogen-bond donors (Lipinski definition) is 4. The van der Waals surface area contributed by atoms with E-state index in [1.165, 1.54) is 23.2 Å². The minimum atomic E-state index is -0.297. The smallest absolute Gasteiger partial charge is 0.260 e. The van der Waals surface area contributed by atoms with Crippen LogP contribution in [0.25, 0.3) is 10.2 Å². The van der Waals surface area contributed by atoms with Crippen molar-refractivity contribution >= 4 is 39.9 Å². The second-order valence-corrected chi connectivity index (χ2v) is 7.09. The van der Waals surface area contributed by atoms with E-state index < -0.39 is 0 Å². The van der Waals surface area contributed by atoms with Gasteiger partial charge in [-0.25, -0.2) is 4.98 Å². The monoisotopic (exact) mass is 421 g/mol. The van der Waals surface area contributed by atoms with Gasteiger partial charge in [0, 0.05) is 18.5 Å². The number of aromatic nitrogens is 2. The molecule has 2 heterocycles. The van der Waals surface area contributed by atoms with Crippen molar-refractivity contribution in [2.24, 2.45) is 5.73 Å². The number of carbonyl (C=O) groups is 1. The first-order chi connectivity index (χ1) is 13.2. The molecule has 0 fully saturated rings. The van der Waals surface area contributed by atoms with E-state index in [1.807, 2.05) is 24.3 Å². The Bertz CT molecular complexity index is 955. The van der Waals surface area contributed by atoms with Gasteiger partial charge in [-0.2, -0.15) is 0 Å². The number of nitrogens with one attached hydrogen (secondary N) is 3. The number of carbonyl (C=O) groups excluding carboxylic acids is 1. The molecule has 3 aromatic rings. The lowest BCUT2D eigenvalue weighted by atomic mass is 10.1. The molecule has 0 bridgehead atoms. The topological polar surface area (TPSA) is 113 Å². The summed E-state index contributed by atoms with van der Waals surface area (Å²) >= 11 is 1.29. The molecule has 5 N–H and O–H groups in total. The first-order valence-corrected chi connectivity index (χ1v) is 9.78. The van der Waals surface area contributed by atoms with Crippen LogP contribution in [-0.2, 0) is 13.1 Å². The van der Waals surface area contributed by atoms with E-state index in [1.54, 1.807) is 5.38 Å². The van der Waals surface area contributed by atoms with Gasteiger partial charge in [-0.1, -0.05) is 24.3 Å². The van der Waals surface area contributed by atoms with Gasteiger partial charge in [0.15, 0.2) is 0 Å². The van der Waals surface area contributed by atoms with Gasteiger partial charge < -0.3 is 21.4 Å². The fraction of sp³-hybridized carbons (Fsp3) is 0.316. The SMILES string of the molecule is Cl.NCCCCNCc1ccc(CNC(=O)c2csc3nc[nH]c(=O)c23)cc1. The van der Waals surface area contributed by atoms with Gasteiger partial charge in [-0.05, 0) is 37.1 Å². The van der Waals surface area contributed by atoms with Gasteiger partial charge in [-0.15, -0.1) is 23.7 Å². The maximum Gasteiger partial charge on any atom is 0.260 e. The summed E-state index contributed by atoms with van der Waals surface area (Å²) in [5, 5.41) is 8.26. The van der Waals surface area contributed by atoms with E-state index in [-0.39, 0.29) is 23.9 Å². The van der Waals surface area contributed by atoms with E-state index in [2.05, 4.69) is 20.6 Å². The Balaban J connectivity index is 0.00000280. The normalized spacial score (nSPS) is 10.6. The van der Waals surface area contributed by atoms with Gasteiger partial charge in [-0.3, -0.25) is 9.59 Å². The minimum Gasteiger partial charge on any atom is -0.348 e. The summed E-state index contributed by atoms with van der Waals surface area (Å²) in [6, 6.07) is 8.09. The number of aromatic amines is 1. The number of thiophene rings is 1. The van der Waals surface area contributed by atoms with Crippen molar-refractivity contribution < 1.29 is 4.79 Å². The van der Waals surface area contributed by atoms with Crippen LogP contribution >= 0.6 is 23.7 Å². The maximum atomic E-state index is 12.4. The Morgan fingerprint density at radius 1 is 1.14 bits per heavy atom. The summed E-state index contributed by atoms with van der Waals surface area (Å²) in [5.74, 6) is -0.273. The lowest BCUT2D eigenvalue weighted by Crippen LogP contribution is -2.24. The van der Waals surface area contributed by atoms with Crippen molar-refractivity contribution in [2.45, 2.75) is 25.9 Å². The summed E-state index contributed by atoms with van der Waals surface area (Å²) in [6.07, 6.45) is 3.46. The molecular formula is C19H24ClN5O2S. The molecule has 28 heavy (non-hydrogen) atoms. The summed E-state index contributed by atoms with van der Waals surface area (Å²) < 4.78 is 0. The average molecular weight is 422 g/mol. The molecule has 1 aromatic carbocycles. The Kier molecular flexibility index (Phi) is 8.59. The zero-order valence-corrected chi connectivity index (χ0v) is 17.0. The molecule has 0 aliphatic rings. The van der Waals surface area contributed by atoms with Crippen LogP contribution in [0.2, 0.25) is 0 Å². The molecule has 0 saturated carbocycles. The van der Waals surface area contributed by atoms with Crippen molar-refractivity contribution in [1.82, 2.24) is 20.6 Å². The number of rotatable bonds is 9. The largest absolute Gasteiger partial charge is 0.348 e.